The van der Waals surface area contributed by atoms with Gasteiger partial charge in [-0.1, -0.05) is 59.6 Å². The molecule has 0 aliphatic rings. The number of nitrogens with zero attached hydrogens (tertiary/aromatic N) is 1. The van der Waals surface area contributed by atoms with Crippen molar-refractivity contribution in [3.8, 4) is 0 Å². The first kappa shape index (κ1) is 25.1. The van der Waals surface area contributed by atoms with Crippen molar-refractivity contribution in [3.05, 3.63) is 91.4 Å². The minimum Gasteiger partial charge on any atom is -0.387 e. The predicted molar refractivity (Wildman–Crippen MR) is 133 cm³/mol. The topological polar surface area (TPSA) is 106 Å². The largest absolute Gasteiger partial charge is 0.387 e. The molecule has 0 saturated heterocycles. The maximum absolute atomic E-state index is 12.8. The second kappa shape index (κ2) is 11.6. The second-order valence-electron chi connectivity index (χ2n) is 8.27. The van der Waals surface area contributed by atoms with E-state index < -0.39 is 6.10 Å². The van der Waals surface area contributed by atoms with Gasteiger partial charge in [0.1, 0.15) is 23.5 Å². The van der Waals surface area contributed by atoms with E-state index in [4.69, 9.17) is 28.6 Å². The quantitative estimate of drug-likeness (QED) is 0.324. The van der Waals surface area contributed by atoms with E-state index in [1.807, 2.05) is 29.6 Å². The van der Waals surface area contributed by atoms with Crippen molar-refractivity contribution >= 4 is 34.7 Å². The van der Waals surface area contributed by atoms with Crippen LogP contribution < -0.4 is 10.9 Å². The van der Waals surface area contributed by atoms with Crippen LogP contribution >= 0.6 is 23.2 Å². The summed E-state index contributed by atoms with van der Waals surface area (Å²) in [5, 5.41) is 21.2. The van der Waals surface area contributed by atoms with Crippen LogP contribution in [-0.4, -0.2) is 32.9 Å². The monoisotopic (exact) mass is 487 g/mol. The van der Waals surface area contributed by atoms with Gasteiger partial charge >= 0.3 is 0 Å². The van der Waals surface area contributed by atoms with Crippen molar-refractivity contribution in [2.45, 2.75) is 51.7 Å². The van der Waals surface area contributed by atoms with Gasteiger partial charge in [0.05, 0.1) is 10.0 Å². The zero-order chi connectivity index (χ0) is 24.0. The fourth-order valence-corrected chi connectivity index (χ4v) is 4.12. The van der Waals surface area contributed by atoms with E-state index in [0.29, 0.717) is 28.1 Å². The number of aliphatic hydroxyl groups excluding tert-OH is 1. The molecule has 0 aliphatic carbocycles. The maximum atomic E-state index is 12.8. The Morgan fingerprint density at radius 3 is 2.52 bits per heavy atom. The smallest absolute Gasteiger partial charge is 0.266 e. The highest BCUT2D eigenvalue weighted by Crippen LogP contribution is 2.23. The molecule has 3 aromatic rings. The molecule has 1 aromatic heterocycles. The van der Waals surface area contributed by atoms with Gasteiger partial charge in [-0.3, -0.25) is 10.1 Å². The Hall–Kier alpha value is -2.51. The van der Waals surface area contributed by atoms with Gasteiger partial charge in [-0.05, 0) is 49.9 Å². The molecule has 5 N–H and O–H groups in total. The number of benzene rings is 2. The summed E-state index contributed by atoms with van der Waals surface area (Å²) in [5.41, 5.74) is 2.09. The predicted octanol–water partition coefficient (Wildman–Crippen LogP) is 4.02. The zero-order valence-electron chi connectivity index (χ0n) is 18.7. The molecule has 0 amide bonds. The van der Waals surface area contributed by atoms with Crippen molar-refractivity contribution < 1.29 is 10.4 Å². The molecule has 1 heterocycles. The van der Waals surface area contributed by atoms with Gasteiger partial charge in [-0.2, -0.15) is 4.98 Å². The van der Waals surface area contributed by atoms with Crippen molar-refractivity contribution in [2.75, 3.05) is 0 Å². The Labute approximate surface area is 203 Å². The van der Waals surface area contributed by atoms with Crippen molar-refractivity contribution in [3.63, 3.8) is 0 Å². The zero-order valence-corrected chi connectivity index (χ0v) is 20.2. The van der Waals surface area contributed by atoms with E-state index >= 15 is 0 Å². The molecule has 0 fully saturated rings. The number of H-pyrrole nitrogens is 1. The van der Waals surface area contributed by atoms with Gasteiger partial charge in [0.2, 0.25) is 5.82 Å². The fraction of sp³-hybridized carbons (Fsp3) is 0.320. The van der Waals surface area contributed by atoms with Gasteiger partial charge in [-0.15, -0.1) is 0 Å². The summed E-state index contributed by atoms with van der Waals surface area (Å²) in [5.74, 6) is 0.884. The molecular weight excluding hydrogens is 459 g/mol. The molecular formula is C25H29Cl2N4O2+. The lowest BCUT2D eigenvalue weighted by atomic mass is 10.0. The van der Waals surface area contributed by atoms with Gasteiger partial charge in [0.15, 0.2) is 0 Å². The number of aromatic nitrogens is 2. The van der Waals surface area contributed by atoms with E-state index in [9.17, 15) is 9.90 Å². The molecule has 2 aromatic carbocycles. The van der Waals surface area contributed by atoms with Crippen molar-refractivity contribution in [1.29, 1.82) is 5.41 Å². The molecule has 33 heavy (non-hydrogen) atoms. The molecule has 0 spiro atoms. The lowest BCUT2D eigenvalue weighted by molar-refractivity contribution is -0.624. The average Bonchev–Trinajstić information content (AvgIpc) is 2.75. The van der Waals surface area contributed by atoms with Crippen LogP contribution in [0.1, 0.15) is 49.2 Å². The van der Waals surface area contributed by atoms with Crippen LogP contribution in [0.2, 0.25) is 10.0 Å². The number of aromatic amines is 1. The highest BCUT2D eigenvalue weighted by Gasteiger charge is 2.25. The molecule has 0 bridgehead atoms. The number of quaternary nitrogens is 1. The number of halogens is 2. The van der Waals surface area contributed by atoms with E-state index in [0.717, 1.165) is 24.8 Å². The third-order valence-corrected chi connectivity index (χ3v) is 6.30. The number of rotatable bonds is 10. The molecule has 6 nitrogen and oxygen atoms in total. The Bertz CT molecular complexity index is 1160. The highest BCUT2D eigenvalue weighted by atomic mass is 35.5. The lowest BCUT2D eigenvalue weighted by Crippen LogP contribution is -2.88. The van der Waals surface area contributed by atoms with E-state index in [2.05, 4.69) is 22.1 Å². The Morgan fingerprint density at radius 2 is 1.88 bits per heavy atom. The van der Waals surface area contributed by atoms with Crippen LogP contribution in [0.15, 0.2) is 53.3 Å². The van der Waals surface area contributed by atoms with Gasteiger partial charge in [0, 0.05) is 18.6 Å². The molecule has 3 rings (SSSR count). The highest BCUT2D eigenvalue weighted by molar-refractivity contribution is 6.42. The molecule has 8 heteroatoms. The normalized spacial score (nSPS) is 13.0. The minimum absolute atomic E-state index is 0.129. The van der Waals surface area contributed by atoms with Crippen LogP contribution in [-0.2, 0) is 12.8 Å². The third-order valence-electron chi connectivity index (χ3n) is 5.56. The van der Waals surface area contributed by atoms with Crippen LogP contribution in [0.3, 0.4) is 0 Å². The van der Waals surface area contributed by atoms with Crippen molar-refractivity contribution in [2.24, 2.45) is 0 Å². The molecule has 2 atom stereocenters. The summed E-state index contributed by atoms with van der Waals surface area (Å²) >= 11 is 12.1. The van der Waals surface area contributed by atoms with E-state index in [-0.39, 0.29) is 22.9 Å². The molecule has 0 radical (unpaired) electrons. The number of hydrogen-bond acceptors (Lipinski definition) is 4. The number of nitrogens with two attached hydrogens (primary N) is 1. The number of nitrogens with one attached hydrogen (secondary N) is 2. The Morgan fingerprint density at radius 1 is 1.15 bits per heavy atom. The number of hydrogen-bond donors (Lipinski definition) is 4. The van der Waals surface area contributed by atoms with Gasteiger partial charge in [-0.25, -0.2) is 0 Å². The first-order chi connectivity index (χ1) is 15.7. The standard InChI is InChI=1S/C25H28Cl2N4O2/c1-15(28)23-24(29-21(16(2)32)10-6-9-17-7-4-3-5-8-17)30-22(31-25(23)33)14-18-11-12-19(26)20(27)13-18/h3-5,7-8,11-13,16,21,28,32H,6,9-10,14H2,1-2H3,(H2,29,30,31,33)/p+1. The van der Waals surface area contributed by atoms with Gasteiger partial charge in [0.25, 0.3) is 5.56 Å². The van der Waals surface area contributed by atoms with E-state index in [1.54, 1.807) is 26.0 Å². The summed E-state index contributed by atoms with van der Waals surface area (Å²) in [6, 6.07) is 15.3. The third kappa shape index (κ3) is 6.98. The Balaban J connectivity index is 1.82. The fourth-order valence-electron chi connectivity index (χ4n) is 3.80. The molecule has 0 saturated carbocycles. The summed E-state index contributed by atoms with van der Waals surface area (Å²) < 4.78 is 0. The van der Waals surface area contributed by atoms with E-state index in [1.165, 1.54) is 5.56 Å². The molecule has 174 valence electrons. The number of aryl methyl sites for hydroxylation is 1. The van der Waals surface area contributed by atoms with Gasteiger partial charge < -0.3 is 15.5 Å². The van der Waals surface area contributed by atoms with Crippen LogP contribution in [0.4, 0.5) is 5.82 Å². The second-order valence-corrected chi connectivity index (χ2v) is 9.09. The molecule has 2 unspecified atom stereocenters. The minimum atomic E-state index is -0.612. The summed E-state index contributed by atoms with van der Waals surface area (Å²) in [6.45, 7) is 3.30. The van der Waals surface area contributed by atoms with Crippen LogP contribution in [0, 0.1) is 5.41 Å². The van der Waals surface area contributed by atoms with Crippen LogP contribution in [0.25, 0.3) is 0 Å². The van der Waals surface area contributed by atoms with Crippen molar-refractivity contribution in [1.82, 2.24) is 9.97 Å². The van der Waals surface area contributed by atoms with Crippen LogP contribution in [0.5, 0.6) is 0 Å². The Kier molecular flexibility index (Phi) is 8.80. The average molecular weight is 488 g/mol. The first-order valence-electron chi connectivity index (χ1n) is 10.9. The number of aliphatic hydroxyl groups is 1. The summed E-state index contributed by atoms with van der Waals surface area (Å²) in [7, 11) is 0. The summed E-state index contributed by atoms with van der Waals surface area (Å²) in [4.78, 5) is 20.2. The first-order valence-corrected chi connectivity index (χ1v) is 11.7. The molecule has 0 aliphatic heterocycles. The SMILES string of the molecule is CC(=N)c1c([NH2+]C(CCCc2ccccc2)C(C)O)nc(Cc2ccc(Cl)c(Cl)c2)[nH]c1=O. The lowest BCUT2D eigenvalue weighted by Gasteiger charge is -2.19. The maximum Gasteiger partial charge on any atom is 0.266 e. The summed E-state index contributed by atoms with van der Waals surface area (Å²) in [6.07, 6.45) is 2.27.